The molecule has 2 N–H and O–H groups in total. The number of primary sulfonamides is 1. The molecule has 11 heavy (non-hydrogen) atoms. The predicted molar refractivity (Wildman–Crippen MR) is 42.0 cm³/mol. The quantitative estimate of drug-likeness (QED) is 0.667. The van der Waals surface area contributed by atoms with Crippen molar-refractivity contribution in [2.75, 3.05) is 0 Å². The molecule has 1 heterocycles. The second-order valence-corrected chi connectivity index (χ2v) is 4.23. The Balaban J connectivity index is 3.22. The van der Waals surface area contributed by atoms with Gasteiger partial charge in [0.1, 0.15) is 0 Å². The third kappa shape index (κ3) is 1.77. The zero-order valence-electron chi connectivity index (χ0n) is 5.31. The van der Waals surface area contributed by atoms with Crippen LogP contribution >= 0.6 is 11.3 Å². The van der Waals surface area contributed by atoms with Crippen LogP contribution in [0.25, 0.3) is 4.85 Å². The van der Waals surface area contributed by atoms with E-state index in [1.54, 1.807) is 0 Å². The summed E-state index contributed by atoms with van der Waals surface area (Å²) in [4.78, 5) is 3.06. The molecule has 0 saturated carbocycles. The Morgan fingerprint density at radius 1 is 1.64 bits per heavy atom. The third-order valence-electron chi connectivity index (χ3n) is 1.00. The van der Waals surface area contributed by atoms with E-state index in [2.05, 4.69) is 4.85 Å². The van der Waals surface area contributed by atoms with Gasteiger partial charge in [0, 0.05) is 0 Å². The smallest absolute Gasteiger partial charge is 0.227 e. The fourth-order valence-electron chi connectivity index (χ4n) is 0.516. The van der Waals surface area contributed by atoms with E-state index in [0.717, 1.165) is 11.3 Å². The highest BCUT2D eigenvalue weighted by Gasteiger charge is 2.09. The van der Waals surface area contributed by atoms with Crippen LogP contribution in [0, 0.1) is 6.57 Å². The van der Waals surface area contributed by atoms with Gasteiger partial charge in [0.2, 0.25) is 15.0 Å². The molecule has 1 aromatic rings. The Kier molecular flexibility index (Phi) is 1.95. The summed E-state index contributed by atoms with van der Waals surface area (Å²) in [6.07, 6.45) is 0. The average Bonchev–Trinajstić information content (AvgIpc) is 2.32. The van der Waals surface area contributed by atoms with Crippen LogP contribution in [0.4, 0.5) is 5.00 Å². The molecular weight excluding hydrogens is 184 g/mol. The predicted octanol–water partition coefficient (Wildman–Crippen LogP) is 0.946. The molecular formula is C5H4N2O2S2. The number of nitrogens with zero attached hydrogens (tertiary/aromatic N) is 1. The Bertz CT molecular complexity index is 398. The van der Waals surface area contributed by atoms with Gasteiger partial charge in [-0.2, -0.15) is 11.3 Å². The first-order valence-electron chi connectivity index (χ1n) is 2.53. The van der Waals surface area contributed by atoms with Crippen LogP contribution in [0.5, 0.6) is 0 Å². The van der Waals surface area contributed by atoms with Gasteiger partial charge >= 0.3 is 0 Å². The number of sulfonamides is 1. The maximum absolute atomic E-state index is 10.6. The molecule has 0 aliphatic carbocycles. The number of hydrogen-bond acceptors (Lipinski definition) is 3. The Labute approximate surface area is 68.1 Å². The van der Waals surface area contributed by atoms with E-state index in [1.807, 2.05) is 0 Å². The van der Waals surface area contributed by atoms with Crippen molar-refractivity contribution in [1.82, 2.24) is 0 Å². The van der Waals surface area contributed by atoms with E-state index in [-0.39, 0.29) is 4.90 Å². The fourth-order valence-corrected chi connectivity index (χ4v) is 2.10. The maximum atomic E-state index is 10.6. The normalized spacial score (nSPS) is 10.9. The summed E-state index contributed by atoms with van der Waals surface area (Å²) in [5.41, 5.74) is 0. The largest absolute Gasteiger partial charge is 0.242 e. The molecule has 0 radical (unpaired) electrons. The molecule has 0 atom stereocenters. The summed E-state index contributed by atoms with van der Waals surface area (Å²) in [6, 6.07) is 1.26. The van der Waals surface area contributed by atoms with E-state index >= 15 is 0 Å². The summed E-state index contributed by atoms with van der Waals surface area (Å²) in [6.45, 7) is 6.56. The first kappa shape index (κ1) is 8.20. The van der Waals surface area contributed by atoms with E-state index in [4.69, 9.17) is 11.7 Å². The van der Waals surface area contributed by atoms with Crippen LogP contribution in [-0.4, -0.2) is 8.42 Å². The Hall–Kier alpha value is -0.900. The van der Waals surface area contributed by atoms with Gasteiger partial charge in [-0.3, -0.25) is 0 Å². The highest BCUT2D eigenvalue weighted by Crippen LogP contribution is 2.25. The number of rotatable bonds is 1. The molecule has 0 aliphatic heterocycles. The molecule has 1 aromatic heterocycles. The van der Waals surface area contributed by atoms with Crippen molar-refractivity contribution in [3.63, 3.8) is 0 Å². The van der Waals surface area contributed by atoms with Crippen LogP contribution < -0.4 is 5.14 Å². The topological polar surface area (TPSA) is 64.5 Å². The summed E-state index contributed by atoms with van der Waals surface area (Å²) < 4.78 is 21.3. The summed E-state index contributed by atoms with van der Waals surface area (Å²) in [5, 5.41) is 6.48. The van der Waals surface area contributed by atoms with Gasteiger partial charge in [-0.15, -0.1) is 0 Å². The van der Waals surface area contributed by atoms with Gasteiger partial charge in [-0.25, -0.2) is 18.4 Å². The molecule has 6 heteroatoms. The van der Waals surface area contributed by atoms with Gasteiger partial charge in [0.05, 0.1) is 11.5 Å². The molecule has 0 aliphatic rings. The first-order valence-corrected chi connectivity index (χ1v) is 4.95. The number of nitrogens with two attached hydrogens (primary N) is 1. The standard InChI is InChI=1S/C5H4N2O2S2/c1-7-5-2-4(3-10-5)11(6,8)9/h2-3H,(H2,6,8,9). The van der Waals surface area contributed by atoms with Crippen LogP contribution in [0.2, 0.25) is 0 Å². The molecule has 0 aromatic carbocycles. The molecule has 58 valence electrons. The average molecular weight is 188 g/mol. The van der Waals surface area contributed by atoms with Gasteiger partial charge in [-0.05, 0) is 11.4 Å². The molecule has 0 spiro atoms. The third-order valence-corrected chi connectivity index (χ3v) is 2.86. The lowest BCUT2D eigenvalue weighted by Crippen LogP contribution is -2.10. The monoisotopic (exact) mass is 188 g/mol. The fraction of sp³-hybridized carbons (Fsp3) is 0. The van der Waals surface area contributed by atoms with E-state index in [9.17, 15) is 8.42 Å². The van der Waals surface area contributed by atoms with E-state index < -0.39 is 10.0 Å². The lowest BCUT2D eigenvalue weighted by Gasteiger charge is -1.87. The van der Waals surface area contributed by atoms with Gasteiger partial charge in [0.25, 0.3) is 0 Å². The van der Waals surface area contributed by atoms with Gasteiger partial charge in [0.15, 0.2) is 0 Å². The van der Waals surface area contributed by atoms with Crippen molar-refractivity contribution in [2.24, 2.45) is 5.14 Å². The van der Waals surface area contributed by atoms with Gasteiger partial charge < -0.3 is 0 Å². The maximum Gasteiger partial charge on any atom is 0.242 e. The molecule has 0 unspecified atom stereocenters. The molecule has 0 bridgehead atoms. The SMILES string of the molecule is [C-]#[N+]c1cc(S(N)(=O)=O)cs1. The summed E-state index contributed by atoms with van der Waals surface area (Å²) in [7, 11) is -3.63. The minimum Gasteiger partial charge on any atom is -0.227 e. The van der Waals surface area contributed by atoms with E-state index in [1.165, 1.54) is 11.4 Å². The van der Waals surface area contributed by atoms with E-state index in [0.29, 0.717) is 5.00 Å². The summed E-state index contributed by atoms with van der Waals surface area (Å²) >= 11 is 1.06. The summed E-state index contributed by atoms with van der Waals surface area (Å²) in [5.74, 6) is 0. The van der Waals surface area contributed by atoms with Crippen molar-refractivity contribution >= 4 is 26.4 Å². The number of thiophene rings is 1. The molecule has 0 amide bonds. The minimum absolute atomic E-state index is 0.00787. The van der Waals surface area contributed by atoms with Crippen molar-refractivity contribution < 1.29 is 8.42 Å². The number of hydrogen-bond donors (Lipinski definition) is 1. The zero-order chi connectivity index (χ0) is 8.48. The van der Waals surface area contributed by atoms with Crippen molar-refractivity contribution in [1.29, 1.82) is 0 Å². The lowest BCUT2D eigenvalue weighted by atomic mass is 10.6. The first-order chi connectivity index (χ1) is 5.04. The van der Waals surface area contributed by atoms with Crippen LogP contribution in [0.3, 0.4) is 0 Å². The highest BCUT2D eigenvalue weighted by molar-refractivity contribution is 7.89. The Morgan fingerprint density at radius 2 is 2.27 bits per heavy atom. The second kappa shape index (κ2) is 2.62. The minimum atomic E-state index is -3.63. The van der Waals surface area contributed by atoms with Crippen LogP contribution in [0.1, 0.15) is 0 Å². The van der Waals surface area contributed by atoms with Crippen molar-refractivity contribution in [2.45, 2.75) is 4.90 Å². The van der Waals surface area contributed by atoms with Crippen molar-refractivity contribution in [3.8, 4) is 0 Å². The van der Waals surface area contributed by atoms with Crippen LogP contribution in [0.15, 0.2) is 16.3 Å². The molecule has 0 fully saturated rings. The lowest BCUT2D eigenvalue weighted by molar-refractivity contribution is 0.598. The molecule has 1 rings (SSSR count). The van der Waals surface area contributed by atoms with Crippen LogP contribution in [-0.2, 0) is 10.0 Å². The molecule has 0 saturated heterocycles. The second-order valence-electron chi connectivity index (χ2n) is 1.78. The highest BCUT2D eigenvalue weighted by atomic mass is 32.2. The van der Waals surface area contributed by atoms with Gasteiger partial charge in [-0.1, -0.05) is 0 Å². The zero-order valence-corrected chi connectivity index (χ0v) is 6.95. The Morgan fingerprint density at radius 3 is 2.55 bits per heavy atom. The van der Waals surface area contributed by atoms with Crippen molar-refractivity contribution in [3.05, 3.63) is 22.9 Å². The molecule has 4 nitrogen and oxygen atoms in total.